The molecule has 70 valence electrons. The van der Waals surface area contributed by atoms with E-state index < -0.39 is 5.97 Å². The van der Waals surface area contributed by atoms with Gasteiger partial charge in [0.1, 0.15) is 5.69 Å². The summed E-state index contributed by atoms with van der Waals surface area (Å²) in [6.45, 7) is 0. The Hall–Kier alpha value is -1.78. The summed E-state index contributed by atoms with van der Waals surface area (Å²) in [5.74, 6) is -0.735. The van der Waals surface area contributed by atoms with Gasteiger partial charge in [0.2, 0.25) is 0 Å². The number of hydrogen-bond acceptors (Lipinski definition) is 3. The maximum Gasteiger partial charge on any atom is 0.354 e. The van der Waals surface area contributed by atoms with Gasteiger partial charge in [-0.05, 0) is 6.07 Å². The number of amides is 1. The Kier molecular flexibility index (Phi) is 2.69. The van der Waals surface area contributed by atoms with E-state index in [0.29, 0.717) is 5.56 Å². The van der Waals surface area contributed by atoms with Crippen molar-refractivity contribution in [3.63, 3.8) is 0 Å². The first-order chi connectivity index (χ1) is 6.19. The molecule has 2 N–H and O–H groups in total. The molecule has 0 saturated heterocycles. The Bertz CT molecular complexity index is 299. The minimum Gasteiger partial charge on any atom is -0.464 e. The highest BCUT2D eigenvalue weighted by Crippen LogP contribution is 2.04. The van der Waals surface area contributed by atoms with Crippen molar-refractivity contribution in [3.8, 4) is 0 Å². The van der Waals surface area contributed by atoms with Crippen LogP contribution < -0.4 is 5.32 Å². The molecule has 0 radical (unpaired) electrons. The third-order valence-corrected chi connectivity index (χ3v) is 1.58. The quantitative estimate of drug-likeness (QED) is 0.640. The molecule has 1 amide bonds. The van der Waals surface area contributed by atoms with Gasteiger partial charge in [0.05, 0.1) is 12.7 Å². The van der Waals surface area contributed by atoms with Gasteiger partial charge in [-0.25, -0.2) is 4.79 Å². The molecule has 0 fully saturated rings. The van der Waals surface area contributed by atoms with Crippen molar-refractivity contribution in [2.45, 2.75) is 0 Å². The lowest BCUT2D eigenvalue weighted by Crippen LogP contribution is -2.16. The number of hydrogen-bond donors (Lipinski definition) is 2. The molecule has 5 heteroatoms. The standard InChI is InChI=1S/C8H10N2O3/c1-9-7(11)5-3-6(10-4-5)8(12)13-2/h3-4,10H,1-2H3,(H,9,11). The lowest BCUT2D eigenvalue weighted by molar-refractivity contribution is 0.0595. The summed E-state index contributed by atoms with van der Waals surface area (Å²) in [5.41, 5.74) is 0.670. The average molecular weight is 182 g/mol. The molecular formula is C8H10N2O3. The van der Waals surface area contributed by atoms with E-state index in [4.69, 9.17) is 0 Å². The summed E-state index contributed by atoms with van der Waals surface area (Å²) in [7, 11) is 2.80. The molecule has 0 aliphatic rings. The number of ether oxygens (including phenoxy) is 1. The van der Waals surface area contributed by atoms with Crippen LogP contribution in [0.2, 0.25) is 0 Å². The topological polar surface area (TPSA) is 71.2 Å². The highest BCUT2D eigenvalue weighted by Gasteiger charge is 2.11. The van der Waals surface area contributed by atoms with E-state index in [1.165, 1.54) is 26.4 Å². The van der Waals surface area contributed by atoms with Crippen LogP contribution in [0.5, 0.6) is 0 Å². The van der Waals surface area contributed by atoms with Crippen molar-refractivity contribution in [3.05, 3.63) is 23.5 Å². The van der Waals surface area contributed by atoms with Crippen LogP contribution in [-0.4, -0.2) is 31.0 Å². The van der Waals surface area contributed by atoms with Crippen molar-refractivity contribution in [1.29, 1.82) is 0 Å². The van der Waals surface area contributed by atoms with Crippen LogP contribution in [0, 0.1) is 0 Å². The molecule has 1 aromatic heterocycles. The summed E-state index contributed by atoms with van der Waals surface area (Å²) in [6.07, 6.45) is 1.45. The van der Waals surface area contributed by atoms with Crippen LogP contribution >= 0.6 is 0 Å². The van der Waals surface area contributed by atoms with Crippen LogP contribution in [0.15, 0.2) is 12.3 Å². The predicted molar refractivity (Wildman–Crippen MR) is 45.5 cm³/mol. The molecule has 1 heterocycles. The molecule has 0 unspecified atom stereocenters. The lowest BCUT2D eigenvalue weighted by Gasteiger charge is -1.93. The SMILES string of the molecule is CNC(=O)c1c[nH]c(C(=O)OC)c1. The van der Waals surface area contributed by atoms with Crippen molar-refractivity contribution < 1.29 is 14.3 Å². The fourth-order valence-corrected chi connectivity index (χ4v) is 0.898. The maximum absolute atomic E-state index is 11.1. The van der Waals surface area contributed by atoms with Crippen molar-refractivity contribution in [2.24, 2.45) is 0 Å². The minimum atomic E-state index is -0.491. The maximum atomic E-state index is 11.1. The second-order valence-corrected chi connectivity index (χ2v) is 2.37. The molecular weight excluding hydrogens is 172 g/mol. The van der Waals surface area contributed by atoms with Gasteiger partial charge in [-0.15, -0.1) is 0 Å². The van der Waals surface area contributed by atoms with Crippen LogP contribution in [0.25, 0.3) is 0 Å². The molecule has 0 saturated carbocycles. The van der Waals surface area contributed by atoms with Crippen LogP contribution in [0.3, 0.4) is 0 Å². The lowest BCUT2D eigenvalue weighted by atomic mass is 10.3. The first kappa shape index (κ1) is 9.31. The Balaban J connectivity index is 2.86. The Morgan fingerprint density at radius 3 is 2.77 bits per heavy atom. The van der Waals surface area contributed by atoms with E-state index in [1.54, 1.807) is 0 Å². The average Bonchev–Trinajstić information content (AvgIpc) is 2.64. The monoisotopic (exact) mass is 182 g/mol. The van der Waals surface area contributed by atoms with Crippen LogP contribution in [0.4, 0.5) is 0 Å². The third-order valence-electron chi connectivity index (χ3n) is 1.58. The second-order valence-electron chi connectivity index (χ2n) is 2.37. The second kappa shape index (κ2) is 3.75. The highest BCUT2D eigenvalue weighted by molar-refractivity contribution is 5.97. The molecule has 1 rings (SSSR count). The largest absolute Gasteiger partial charge is 0.464 e. The highest BCUT2D eigenvalue weighted by atomic mass is 16.5. The summed E-state index contributed by atoms with van der Waals surface area (Å²) in [6, 6.07) is 1.44. The number of carbonyl (C=O) groups excluding carboxylic acids is 2. The molecule has 5 nitrogen and oxygen atoms in total. The number of H-pyrrole nitrogens is 1. The molecule has 0 aromatic carbocycles. The normalized spacial score (nSPS) is 9.38. The first-order valence-corrected chi connectivity index (χ1v) is 3.68. The van der Waals surface area contributed by atoms with Gasteiger partial charge in [0.15, 0.2) is 0 Å². The van der Waals surface area contributed by atoms with E-state index in [9.17, 15) is 9.59 Å². The molecule has 0 aliphatic heterocycles. The molecule has 0 aliphatic carbocycles. The smallest absolute Gasteiger partial charge is 0.354 e. The number of esters is 1. The predicted octanol–water partition coefficient (Wildman–Crippen LogP) is 0.161. The van der Waals surface area contributed by atoms with E-state index in [2.05, 4.69) is 15.0 Å². The van der Waals surface area contributed by atoms with Crippen molar-refractivity contribution in [2.75, 3.05) is 14.2 Å². The minimum absolute atomic E-state index is 0.244. The molecule has 0 spiro atoms. The number of carbonyl (C=O) groups is 2. The molecule has 1 aromatic rings. The van der Waals surface area contributed by atoms with Crippen LogP contribution in [0.1, 0.15) is 20.8 Å². The number of methoxy groups -OCH3 is 1. The Morgan fingerprint density at radius 2 is 2.23 bits per heavy atom. The molecule has 0 atom stereocenters. The van der Waals surface area contributed by atoms with Gasteiger partial charge < -0.3 is 15.0 Å². The zero-order valence-electron chi connectivity index (χ0n) is 7.38. The van der Waals surface area contributed by atoms with Gasteiger partial charge in [-0.1, -0.05) is 0 Å². The number of rotatable bonds is 2. The summed E-state index contributed by atoms with van der Waals surface area (Å²) < 4.78 is 4.46. The van der Waals surface area contributed by atoms with E-state index in [1.807, 2.05) is 0 Å². The van der Waals surface area contributed by atoms with E-state index >= 15 is 0 Å². The summed E-state index contributed by atoms with van der Waals surface area (Å²) >= 11 is 0. The zero-order chi connectivity index (χ0) is 9.84. The molecule has 0 bridgehead atoms. The number of aromatic nitrogens is 1. The van der Waals surface area contributed by atoms with Crippen LogP contribution in [-0.2, 0) is 4.74 Å². The Labute approximate surface area is 75.1 Å². The van der Waals surface area contributed by atoms with Crippen molar-refractivity contribution in [1.82, 2.24) is 10.3 Å². The first-order valence-electron chi connectivity index (χ1n) is 3.68. The van der Waals surface area contributed by atoms with E-state index in [0.717, 1.165) is 0 Å². The van der Waals surface area contributed by atoms with Gasteiger partial charge in [0.25, 0.3) is 5.91 Å². The summed E-state index contributed by atoms with van der Waals surface area (Å²) in [5, 5.41) is 2.44. The van der Waals surface area contributed by atoms with Gasteiger partial charge >= 0.3 is 5.97 Å². The number of aromatic amines is 1. The molecule has 13 heavy (non-hydrogen) atoms. The van der Waals surface area contributed by atoms with Gasteiger partial charge in [-0.3, -0.25) is 4.79 Å². The third kappa shape index (κ3) is 1.87. The van der Waals surface area contributed by atoms with Gasteiger partial charge in [-0.2, -0.15) is 0 Å². The van der Waals surface area contributed by atoms with Crippen molar-refractivity contribution >= 4 is 11.9 Å². The van der Waals surface area contributed by atoms with Gasteiger partial charge in [0, 0.05) is 13.2 Å². The zero-order valence-corrected chi connectivity index (χ0v) is 7.38. The number of nitrogens with one attached hydrogen (secondary N) is 2. The fraction of sp³-hybridized carbons (Fsp3) is 0.250. The Morgan fingerprint density at radius 1 is 1.54 bits per heavy atom. The van der Waals surface area contributed by atoms with E-state index in [-0.39, 0.29) is 11.6 Å². The summed E-state index contributed by atoms with van der Waals surface area (Å²) in [4.78, 5) is 24.6. The fourth-order valence-electron chi connectivity index (χ4n) is 0.898.